The molecule has 1 atom stereocenters. The van der Waals surface area contributed by atoms with E-state index in [1.54, 1.807) is 18.2 Å². The maximum Gasteiger partial charge on any atom is 0.300 e. The van der Waals surface area contributed by atoms with Crippen LogP contribution in [-0.2, 0) is 9.59 Å². The molecule has 1 saturated heterocycles. The lowest BCUT2D eigenvalue weighted by Crippen LogP contribution is -2.29. The number of aliphatic hydroxyl groups is 1. The Morgan fingerprint density at radius 1 is 0.969 bits per heavy atom. The molecule has 0 spiro atoms. The number of anilines is 1. The fourth-order valence-electron chi connectivity index (χ4n) is 4.13. The zero-order valence-corrected chi connectivity index (χ0v) is 18.7. The number of hydrogen-bond donors (Lipinski definition) is 1. The Morgan fingerprint density at radius 2 is 1.75 bits per heavy atom. The van der Waals surface area contributed by atoms with E-state index in [9.17, 15) is 14.7 Å². The monoisotopic (exact) mass is 459 g/mol. The van der Waals surface area contributed by atoms with Gasteiger partial charge in [0.05, 0.1) is 5.57 Å². The van der Waals surface area contributed by atoms with Crippen molar-refractivity contribution in [3.8, 4) is 0 Å². The second kappa shape index (κ2) is 7.93. The number of hydrogen-bond acceptors (Lipinski definition) is 4. The van der Waals surface area contributed by atoms with E-state index >= 15 is 0 Å². The fraction of sp³-hybridized carbons (Fsp3) is 0.0769. The first-order chi connectivity index (χ1) is 15.5. The lowest BCUT2D eigenvalue weighted by Gasteiger charge is -2.25. The Balaban J connectivity index is 1.73. The van der Waals surface area contributed by atoms with Gasteiger partial charge < -0.3 is 5.11 Å². The topological polar surface area (TPSA) is 57.6 Å². The smallest absolute Gasteiger partial charge is 0.300 e. The SMILES string of the molecule is Cc1ccc(Cl)cc1N1C(=O)C(=O)/C(=C(\O)c2ccc3ccccc3c2)C1c1cccs1. The summed E-state index contributed by atoms with van der Waals surface area (Å²) >= 11 is 7.65. The molecule has 1 fully saturated rings. The molecule has 158 valence electrons. The van der Waals surface area contributed by atoms with E-state index in [-0.39, 0.29) is 11.3 Å². The normalized spacial score (nSPS) is 17.9. The summed E-state index contributed by atoms with van der Waals surface area (Å²) in [6.45, 7) is 1.86. The highest BCUT2D eigenvalue weighted by Crippen LogP contribution is 2.45. The number of ketones is 1. The molecule has 5 rings (SSSR count). The van der Waals surface area contributed by atoms with E-state index < -0.39 is 17.7 Å². The molecule has 0 aliphatic carbocycles. The molecule has 4 aromatic rings. The molecule has 2 heterocycles. The van der Waals surface area contributed by atoms with Crippen LogP contribution in [0.3, 0.4) is 0 Å². The summed E-state index contributed by atoms with van der Waals surface area (Å²) in [7, 11) is 0. The van der Waals surface area contributed by atoms with Crippen LogP contribution >= 0.6 is 22.9 Å². The molecule has 0 saturated carbocycles. The number of aliphatic hydroxyl groups excluding tert-OH is 1. The second-order valence-corrected chi connectivity index (χ2v) is 9.09. The van der Waals surface area contributed by atoms with Gasteiger partial charge in [0, 0.05) is 21.2 Å². The third-order valence-corrected chi connectivity index (χ3v) is 6.87. The summed E-state index contributed by atoms with van der Waals surface area (Å²) in [6, 6.07) is 21.5. The van der Waals surface area contributed by atoms with Crippen LogP contribution in [0.4, 0.5) is 5.69 Å². The number of aryl methyl sites for hydroxylation is 1. The van der Waals surface area contributed by atoms with Crippen molar-refractivity contribution in [2.24, 2.45) is 0 Å². The first-order valence-electron chi connectivity index (χ1n) is 10.1. The standard InChI is InChI=1S/C26H18ClNO3S/c1-15-8-11-19(27)14-20(15)28-23(21-7-4-12-32-21)22(25(30)26(28)31)24(29)18-10-9-16-5-2-3-6-17(16)13-18/h2-14,23,29H,1H3/b24-22-. The Labute approximate surface area is 194 Å². The van der Waals surface area contributed by atoms with Crippen molar-refractivity contribution in [1.82, 2.24) is 0 Å². The zero-order valence-electron chi connectivity index (χ0n) is 17.1. The Bertz CT molecular complexity index is 1410. The van der Waals surface area contributed by atoms with E-state index in [2.05, 4.69) is 0 Å². The van der Waals surface area contributed by atoms with Crippen LogP contribution in [0.15, 0.2) is 83.7 Å². The van der Waals surface area contributed by atoms with Gasteiger partial charge in [0.15, 0.2) is 0 Å². The van der Waals surface area contributed by atoms with Gasteiger partial charge in [0.25, 0.3) is 11.7 Å². The summed E-state index contributed by atoms with van der Waals surface area (Å²) in [6.07, 6.45) is 0. The van der Waals surface area contributed by atoms with Gasteiger partial charge >= 0.3 is 0 Å². The van der Waals surface area contributed by atoms with Crippen molar-refractivity contribution in [2.75, 3.05) is 4.90 Å². The van der Waals surface area contributed by atoms with Gasteiger partial charge in [-0.3, -0.25) is 14.5 Å². The molecule has 1 N–H and O–H groups in total. The van der Waals surface area contributed by atoms with E-state index in [4.69, 9.17) is 11.6 Å². The molecule has 6 heteroatoms. The highest BCUT2D eigenvalue weighted by atomic mass is 35.5. The average Bonchev–Trinajstić information content (AvgIpc) is 3.42. The van der Waals surface area contributed by atoms with Gasteiger partial charge in [-0.05, 0) is 52.9 Å². The number of nitrogens with zero attached hydrogens (tertiary/aromatic N) is 1. The number of rotatable bonds is 3. The number of Topliss-reactive ketones (excluding diaryl/α,β-unsaturated/α-hetero) is 1. The average molecular weight is 460 g/mol. The summed E-state index contributed by atoms with van der Waals surface area (Å²) in [5, 5.41) is 15.6. The summed E-state index contributed by atoms with van der Waals surface area (Å²) in [4.78, 5) is 28.7. The number of carbonyl (C=O) groups is 2. The molecule has 32 heavy (non-hydrogen) atoms. The predicted molar refractivity (Wildman–Crippen MR) is 129 cm³/mol. The van der Waals surface area contributed by atoms with Crippen LogP contribution in [0.2, 0.25) is 5.02 Å². The van der Waals surface area contributed by atoms with Crippen molar-refractivity contribution in [1.29, 1.82) is 0 Å². The predicted octanol–water partition coefficient (Wildman–Crippen LogP) is 6.49. The number of amides is 1. The molecule has 0 bridgehead atoms. The van der Waals surface area contributed by atoms with Crippen LogP contribution < -0.4 is 4.90 Å². The largest absolute Gasteiger partial charge is 0.507 e. The van der Waals surface area contributed by atoms with Crippen LogP contribution in [0.25, 0.3) is 16.5 Å². The molecule has 1 amide bonds. The third kappa shape index (κ3) is 3.30. The zero-order chi connectivity index (χ0) is 22.4. The van der Waals surface area contributed by atoms with E-state index in [1.807, 2.05) is 66.9 Å². The fourth-order valence-corrected chi connectivity index (χ4v) is 5.12. The number of benzene rings is 3. The third-order valence-electron chi connectivity index (χ3n) is 5.71. The van der Waals surface area contributed by atoms with Crippen molar-refractivity contribution >= 4 is 56.8 Å². The molecule has 3 aromatic carbocycles. The van der Waals surface area contributed by atoms with Gasteiger partial charge in [-0.25, -0.2) is 0 Å². The van der Waals surface area contributed by atoms with E-state index in [0.29, 0.717) is 16.3 Å². The van der Waals surface area contributed by atoms with Crippen LogP contribution in [0.5, 0.6) is 0 Å². The molecule has 1 aliphatic heterocycles. The quantitative estimate of drug-likeness (QED) is 0.216. The molecule has 1 aliphatic rings. The van der Waals surface area contributed by atoms with E-state index in [0.717, 1.165) is 21.2 Å². The van der Waals surface area contributed by atoms with E-state index in [1.165, 1.54) is 16.2 Å². The minimum atomic E-state index is -0.737. The summed E-state index contributed by atoms with van der Waals surface area (Å²) in [5.41, 5.74) is 1.93. The number of thiophene rings is 1. The van der Waals surface area contributed by atoms with Gasteiger partial charge in [0.2, 0.25) is 0 Å². The van der Waals surface area contributed by atoms with Crippen molar-refractivity contribution in [3.05, 3.63) is 105 Å². The minimum Gasteiger partial charge on any atom is -0.507 e. The molecule has 4 nitrogen and oxygen atoms in total. The van der Waals surface area contributed by atoms with Crippen LogP contribution in [-0.4, -0.2) is 16.8 Å². The highest BCUT2D eigenvalue weighted by Gasteiger charge is 2.47. The second-order valence-electron chi connectivity index (χ2n) is 7.68. The maximum atomic E-state index is 13.2. The lowest BCUT2D eigenvalue weighted by molar-refractivity contribution is -0.132. The van der Waals surface area contributed by atoms with Crippen molar-refractivity contribution < 1.29 is 14.7 Å². The highest BCUT2D eigenvalue weighted by molar-refractivity contribution is 7.10. The Morgan fingerprint density at radius 3 is 2.50 bits per heavy atom. The molecule has 0 radical (unpaired) electrons. The van der Waals surface area contributed by atoms with Gasteiger partial charge in [-0.1, -0.05) is 60.1 Å². The lowest BCUT2D eigenvalue weighted by atomic mass is 9.98. The first-order valence-corrected chi connectivity index (χ1v) is 11.3. The first kappa shape index (κ1) is 20.5. The summed E-state index contributed by atoms with van der Waals surface area (Å²) < 4.78 is 0. The Kier molecular flexibility index (Phi) is 5.08. The Hall–Kier alpha value is -3.41. The van der Waals surface area contributed by atoms with Crippen molar-refractivity contribution in [2.45, 2.75) is 13.0 Å². The van der Waals surface area contributed by atoms with Crippen LogP contribution in [0.1, 0.15) is 22.0 Å². The molecule has 1 aromatic heterocycles. The molecule has 1 unspecified atom stereocenters. The van der Waals surface area contributed by atoms with Gasteiger partial charge in [-0.15, -0.1) is 11.3 Å². The molecular formula is C26H18ClNO3S. The number of halogens is 1. The minimum absolute atomic E-state index is 0.0760. The number of fused-ring (bicyclic) bond motifs is 1. The molecular weight excluding hydrogens is 442 g/mol. The maximum absolute atomic E-state index is 13.2. The summed E-state index contributed by atoms with van der Waals surface area (Å²) in [5.74, 6) is -1.58. The number of carbonyl (C=O) groups excluding carboxylic acids is 2. The van der Waals surface area contributed by atoms with Gasteiger partial charge in [-0.2, -0.15) is 0 Å². The van der Waals surface area contributed by atoms with Gasteiger partial charge in [0.1, 0.15) is 11.8 Å². The van der Waals surface area contributed by atoms with Crippen LogP contribution in [0, 0.1) is 6.92 Å². The van der Waals surface area contributed by atoms with Crippen molar-refractivity contribution in [3.63, 3.8) is 0 Å².